The summed E-state index contributed by atoms with van der Waals surface area (Å²) >= 11 is 0. The van der Waals surface area contributed by atoms with Crippen molar-refractivity contribution in [2.75, 3.05) is 0 Å². The van der Waals surface area contributed by atoms with Gasteiger partial charge in [0.05, 0.1) is 12.3 Å². The van der Waals surface area contributed by atoms with E-state index in [1.54, 1.807) is 0 Å². The SMILES string of the molecule is O=C(Cc1ccc2ccccc2c1)N[C@H]1CCC[C@H]1C(=O)O. The lowest BCUT2D eigenvalue weighted by Gasteiger charge is -2.17. The lowest BCUT2D eigenvalue weighted by Crippen LogP contribution is -2.40. The van der Waals surface area contributed by atoms with Gasteiger partial charge in [0.1, 0.15) is 0 Å². The average Bonchev–Trinajstić information content (AvgIpc) is 2.95. The zero-order valence-corrected chi connectivity index (χ0v) is 12.3. The summed E-state index contributed by atoms with van der Waals surface area (Å²) in [6.07, 6.45) is 2.54. The van der Waals surface area contributed by atoms with Crippen LogP contribution in [0.25, 0.3) is 10.8 Å². The first-order chi connectivity index (χ1) is 10.6. The number of carboxylic acid groups (broad SMARTS) is 1. The summed E-state index contributed by atoms with van der Waals surface area (Å²) in [6, 6.07) is 13.8. The molecule has 0 spiro atoms. The molecule has 1 fully saturated rings. The van der Waals surface area contributed by atoms with Crippen molar-refractivity contribution in [2.45, 2.75) is 31.7 Å². The number of hydrogen-bond acceptors (Lipinski definition) is 2. The molecule has 0 aliphatic heterocycles. The number of nitrogens with one attached hydrogen (secondary N) is 1. The van der Waals surface area contributed by atoms with Crippen LogP contribution in [0.1, 0.15) is 24.8 Å². The van der Waals surface area contributed by atoms with Gasteiger partial charge in [0, 0.05) is 6.04 Å². The zero-order chi connectivity index (χ0) is 15.5. The first-order valence-corrected chi connectivity index (χ1v) is 7.63. The normalized spacial score (nSPS) is 20.9. The summed E-state index contributed by atoms with van der Waals surface area (Å²) in [6.45, 7) is 0. The van der Waals surface area contributed by atoms with Gasteiger partial charge in [0.2, 0.25) is 5.91 Å². The molecule has 1 amide bonds. The highest BCUT2D eigenvalue weighted by atomic mass is 16.4. The average molecular weight is 297 g/mol. The van der Waals surface area contributed by atoms with E-state index in [9.17, 15) is 9.59 Å². The second kappa shape index (κ2) is 6.18. The topological polar surface area (TPSA) is 66.4 Å². The lowest BCUT2D eigenvalue weighted by atomic mass is 10.0. The molecule has 2 aromatic carbocycles. The number of rotatable bonds is 4. The molecular formula is C18H19NO3. The van der Waals surface area contributed by atoms with Crippen LogP contribution in [-0.4, -0.2) is 23.0 Å². The standard InChI is InChI=1S/C18H19NO3/c20-17(19-16-7-3-6-15(16)18(21)22)11-12-8-9-13-4-1-2-5-14(13)10-12/h1-2,4-5,8-10,15-16H,3,6-7,11H2,(H,19,20)(H,21,22)/t15-,16+/m1/s1. The highest BCUT2D eigenvalue weighted by Crippen LogP contribution is 2.26. The molecule has 2 N–H and O–H groups in total. The molecule has 114 valence electrons. The minimum atomic E-state index is -0.812. The number of fused-ring (bicyclic) bond motifs is 1. The van der Waals surface area contributed by atoms with Crippen LogP contribution in [0.2, 0.25) is 0 Å². The minimum Gasteiger partial charge on any atom is -0.481 e. The van der Waals surface area contributed by atoms with E-state index in [1.165, 1.54) is 0 Å². The molecule has 1 aliphatic rings. The molecule has 0 aromatic heterocycles. The summed E-state index contributed by atoms with van der Waals surface area (Å²) in [5, 5.41) is 14.3. The van der Waals surface area contributed by atoms with Crippen LogP contribution < -0.4 is 5.32 Å². The molecule has 22 heavy (non-hydrogen) atoms. The molecule has 0 saturated heterocycles. The molecule has 2 aromatic rings. The van der Waals surface area contributed by atoms with E-state index in [0.717, 1.165) is 29.2 Å². The van der Waals surface area contributed by atoms with Gasteiger partial charge in [-0.2, -0.15) is 0 Å². The maximum atomic E-state index is 12.2. The van der Waals surface area contributed by atoms with Gasteiger partial charge in [-0.3, -0.25) is 9.59 Å². The Labute approximate surface area is 129 Å². The van der Waals surface area contributed by atoms with E-state index in [2.05, 4.69) is 5.32 Å². The van der Waals surface area contributed by atoms with E-state index in [1.807, 2.05) is 42.5 Å². The van der Waals surface area contributed by atoms with Gasteiger partial charge in [-0.25, -0.2) is 0 Å². The van der Waals surface area contributed by atoms with Crippen LogP contribution in [0.3, 0.4) is 0 Å². The van der Waals surface area contributed by atoms with Gasteiger partial charge < -0.3 is 10.4 Å². The third-order valence-corrected chi connectivity index (χ3v) is 4.36. The Kier molecular flexibility index (Phi) is 4.09. The Balaban J connectivity index is 1.66. The van der Waals surface area contributed by atoms with Crippen molar-refractivity contribution in [1.29, 1.82) is 0 Å². The van der Waals surface area contributed by atoms with Crippen molar-refractivity contribution in [2.24, 2.45) is 5.92 Å². The molecule has 4 heteroatoms. The van der Waals surface area contributed by atoms with Crippen LogP contribution in [0.4, 0.5) is 0 Å². The van der Waals surface area contributed by atoms with Gasteiger partial charge in [0.25, 0.3) is 0 Å². The second-order valence-electron chi connectivity index (χ2n) is 5.91. The smallest absolute Gasteiger partial charge is 0.308 e. The Morgan fingerprint density at radius 3 is 2.64 bits per heavy atom. The molecule has 4 nitrogen and oxygen atoms in total. The molecule has 1 aliphatic carbocycles. The number of carbonyl (C=O) groups excluding carboxylic acids is 1. The van der Waals surface area contributed by atoms with Crippen molar-refractivity contribution in [1.82, 2.24) is 5.32 Å². The lowest BCUT2D eigenvalue weighted by molar-refractivity contribution is -0.142. The third-order valence-electron chi connectivity index (χ3n) is 4.36. The van der Waals surface area contributed by atoms with E-state index < -0.39 is 11.9 Å². The van der Waals surface area contributed by atoms with Crippen LogP contribution >= 0.6 is 0 Å². The molecule has 0 heterocycles. The number of amides is 1. The number of carboxylic acids is 1. The number of aliphatic carboxylic acids is 1. The van der Waals surface area contributed by atoms with Gasteiger partial charge in [-0.15, -0.1) is 0 Å². The fourth-order valence-electron chi connectivity index (χ4n) is 3.22. The number of benzene rings is 2. The van der Waals surface area contributed by atoms with Gasteiger partial charge in [-0.05, 0) is 29.2 Å². The number of hydrogen-bond donors (Lipinski definition) is 2. The van der Waals surface area contributed by atoms with Gasteiger partial charge in [0.15, 0.2) is 0 Å². The monoisotopic (exact) mass is 297 g/mol. The van der Waals surface area contributed by atoms with Crippen molar-refractivity contribution in [3.63, 3.8) is 0 Å². The van der Waals surface area contributed by atoms with Crippen molar-refractivity contribution < 1.29 is 14.7 Å². The predicted molar refractivity (Wildman–Crippen MR) is 84.6 cm³/mol. The quantitative estimate of drug-likeness (QED) is 0.912. The first-order valence-electron chi connectivity index (χ1n) is 7.63. The highest BCUT2D eigenvalue weighted by Gasteiger charge is 2.33. The minimum absolute atomic E-state index is 0.103. The fraction of sp³-hybridized carbons (Fsp3) is 0.333. The molecule has 1 saturated carbocycles. The fourth-order valence-corrected chi connectivity index (χ4v) is 3.22. The molecule has 0 bridgehead atoms. The Morgan fingerprint density at radius 1 is 1.09 bits per heavy atom. The summed E-state index contributed by atoms with van der Waals surface area (Å²) in [5.41, 5.74) is 0.945. The van der Waals surface area contributed by atoms with Crippen LogP contribution in [0.15, 0.2) is 42.5 Å². The van der Waals surface area contributed by atoms with Crippen LogP contribution in [0, 0.1) is 5.92 Å². The second-order valence-corrected chi connectivity index (χ2v) is 5.91. The highest BCUT2D eigenvalue weighted by molar-refractivity contribution is 5.85. The van der Waals surface area contributed by atoms with Crippen LogP contribution in [0.5, 0.6) is 0 Å². The van der Waals surface area contributed by atoms with E-state index in [4.69, 9.17) is 5.11 Å². The van der Waals surface area contributed by atoms with E-state index >= 15 is 0 Å². The van der Waals surface area contributed by atoms with Crippen molar-refractivity contribution in [3.05, 3.63) is 48.0 Å². The maximum absolute atomic E-state index is 12.2. The molecule has 0 unspecified atom stereocenters. The first kappa shape index (κ1) is 14.6. The van der Waals surface area contributed by atoms with Gasteiger partial charge in [-0.1, -0.05) is 48.9 Å². The summed E-state index contributed by atoms with van der Waals surface area (Å²) < 4.78 is 0. The maximum Gasteiger partial charge on any atom is 0.308 e. The Bertz CT molecular complexity index is 710. The Hall–Kier alpha value is -2.36. The largest absolute Gasteiger partial charge is 0.481 e. The van der Waals surface area contributed by atoms with Crippen LogP contribution in [-0.2, 0) is 16.0 Å². The zero-order valence-electron chi connectivity index (χ0n) is 12.3. The molecular weight excluding hydrogens is 278 g/mol. The van der Waals surface area contributed by atoms with E-state index in [0.29, 0.717) is 6.42 Å². The van der Waals surface area contributed by atoms with Gasteiger partial charge >= 0.3 is 5.97 Å². The summed E-state index contributed by atoms with van der Waals surface area (Å²) in [7, 11) is 0. The molecule has 0 radical (unpaired) electrons. The third kappa shape index (κ3) is 3.11. The summed E-state index contributed by atoms with van der Waals surface area (Å²) in [4.78, 5) is 23.3. The van der Waals surface area contributed by atoms with E-state index in [-0.39, 0.29) is 18.4 Å². The van der Waals surface area contributed by atoms with Crippen molar-refractivity contribution in [3.8, 4) is 0 Å². The Morgan fingerprint density at radius 2 is 1.86 bits per heavy atom. The number of carbonyl (C=O) groups is 2. The van der Waals surface area contributed by atoms with Crippen molar-refractivity contribution >= 4 is 22.6 Å². The molecule has 3 rings (SSSR count). The summed E-state index contributed by atoms with van der Waals surface area (Å²) in [5.74, 6) is -1.36. The molecule has 2 atom stereocenters. The predicted octanol–water partition coefficient (Wildman–Crippen LogP) is 2.75.